The molecule has 0 aromatic rings. The van der Waals surface area contributed by atoms with Crippen molar-refractivity contribution in [2.75, 3.05) is 21.3 Å². The van der Waals surface area contributed by atoms with E-state index in [-0.39, 0.29) is 0 Å². The molecule has 0 unspecified atom stereocenters. The molecule has 1 radical (unpaired) electrons. The lowest BCUT2D eigenvalue weighted by atomic mass is 10.5. The minimum Gasteiger partial charge on any atom is -0.374 e. The molecule has 0 rings (SSSR count). The zero-order chi connectivity index (χ0) is 12.3. The Kier molecular flexibility index (Phi) is 10.5. The highest BCUT2D eigenvalue weighted by Crippen LogP contribution is 2.04. The van der Waals surface area contributed by atoms with Gasteiger partial charge in [0, 0.05) is 27.4 Å². The van der Waals surface area contributed by atoms with Gasteiger partial charge in [0.1, 0.15) is 0 Å². The summed E-state index contributed by atoms with van der Waals surface area (Å²) in [5, 5.41) is 9.40. The van der Waals surface area contributed by atoms with Crippen LogP contribution in [-0.4, -0.2) is 36.1 Å². The molecule has 5 nitrogen and oxygen atoms in total. The van der Waals surface area contributed by atoms with Crippen molar-refractivity contribution < 1.29 is 23.2 Å². The van der Waals surface area contributed by atoms with Crippen LogP contribution in [0.3, 0.4) is 0 Å². The first-order valence-corrected chi connectivity index (χ1v) is 5.94. The average molecular weight is 233 g/mol. The highest BCUT2D eigenvalue weighted by atomic mass is 28.4. The Labute approximate surface area is 91.3 Å². The molecule has 0 bridgehead atoms. The first kappa shape index (κ1) is 16.5. The van der Waals surface area contributed by atoms with Crippen molar-refractivity contribution in [3.05, 3.63) is 24.4 Å². The second kappa shape index (κ2) is 9.60. The Bertz CT molecular complexity index is 202. The van der Waals surface area contributed by atoms with E-state index in [1.54, 1.807) is 34.0 Å². The second-order valence-corrected chi connectivity index (χ2v) is 5.08. The van der Waals surface area contributed by atoms with E-state index >= 15 is 0 Å². The zero-order valence-corrected chi connectivity index (χ0v) is 10.5. The summed E-state index contributed by atoms with van der Waals surface area (Å²) in [4.78, 5) is 9.40. The molecule has 0 fully saturated rings. The number of rotatable bonds is 5. The van der Waals surface area contributed by atoms with Crippen molar-refractivity contribution in [2.45, 2.75) is 6.92 Å². The van der Waals surface area contributed by atoms with Crippen LogP contribution in [0.5, 0.6) is 0 Å². The highest BCUT2D eigenvalue weighted by Gasteiger charge is 2.33. The minimum atomic E-state index is -2.43. The molecule has 87 valence electrons. The monoisotopic (exact) mass is 233 g/mol. The maximum atomic E-state index is 9.40. The molecule has 0 saturated heterocycles. The fourth-order valence-electron chi connectivity index (χ4n) is 0.636. The molecule has 0 aliphatic carbocycles. The van der Waals surface area contributed by atoms with Crippen LogP contribution in [0.15, 0.2) is 24.4 Å². The van der Waals surface area contributed by atoms with Crippen LogP contribution in [0.25, 0.3) is 0 Å². The molecule has 15 heavy (non-hydrogen) atoms. The van der Waals surface area contributed by atoms with Gasteiger partial charge in [-0.05, 0) is 12.6 Å². The van der Waals surface area contributed by atoms with Gasteiger partial charge >= 0.3 is 14.8 Å². The molecule has 0 aromatic heterocycles. The van der Waals surface area contributed by atoms with Crippen molar-refractivity contribution in [1.82, 2.24) is 0 Å². The van der Waals surface area contributed by atoms with Gasteiger partial charge in [0.2, 0.25) is 0 Å². The van der Waals surface area contributed by atoms with Gasteiger partial charge in [-0.15, -0.1) is 0 Å². The van der Waals surface area contributed by atoms with Crippen LogP contribution in [-0.2, 0) is 23.2 Å². The molecule has 6 heteroatoms. The molecular weight excluding hydrogens is 216 g/mol. The Morgan fingerprint density at radius 3 is 1.60 bits per heavy atom. The summed E-state index contributed by atoms with van der Waals surface area (Å²) in [6.45, 7) is 5.15. The Morgan fingerprint density at radius 2 is 1.60 bits per heavy atom. The number of allylic oxidation sites excluding steroid dienone is 1. The van der Waals surface area contributed by atoms with Gasteiger partial charge in [-0.2, -0.15) is 0 Å². The van der Waals surface area contributed by atoms with E-state index in [1.165, 1.54) is 6.08 Å². The first-order chi connectivity index (χ1) is 7.01. The van der Waals surface area contributed by atoms with Gasteiger partial charge in [-0.3, -0.25) is 0 Å². The van der Waals surface area contributed by atoms with E-state index in [0.717, 1.165) is 6.08 Å². The summed E-state index contributed by atoms with van der Waals surface area (Å²) < 4.78 is 14.9. The summed E-state index contributed by atoms with van der Waals surface area (Å²) in [6, 6.07) is 0. The lowest BCUT2D eigenvalue weighted by molar-refractivity contribution is -0.137. The third kappa shape index (κ3) is 8.07. The zero-order valence-electron chi connectivity index (χ0n) is 9.48. The molecule has 0 aliphatic heterocycles. The van der Waals surface area contributed by atoms with Gasteiger partial charge < -0.3 is 13.3 Å². The third-order valence-corrected chi connectivity index (χ3v) is 3.61. The van der Waals surface area contributed by atoms with Crippen molar-refractivity contribution in [1.29, 1.82) is 0 Å². The van der Waals surface area contributed by atoms with E-state index in [2.05, 4.69) is 6.58 Å². The molecule has 0 aromatic carbocycles. The normalized spacial score (nSPS) is 10.7. The number of hydrogen-bond acceptors (Lipinski definition) is 4. The fourth-order valence-corrected chi connectivity index (χ4v) is 1.64. The molecule has 0 saturated carbocycles. The lowest BCUT2D eigenvalue weighted by Gasteiger charge is -2.19. The van der Waals surface area contributed by atoms with Crippen LogP contribution >= 0.6 is 0 Å². The quantitative estimate of drug-likeness (QED) is 0.527. The molecule has 0 aliphatic rings. The van der Waals surface area contributed by atoms with Crippen molar-refractivity contribution in [3.63, 3.8) is 0 Å². The Hall–Kier alpha value is -0.953. The topological polar surface area (TPSA) is 64.7 Å². The average Bonchev–Trinajstić information content (AvgIpc) is 2.23. The van der Waals surface area contributed by atoms with E-state index in [4.69, 9.17) is 13.3 Å². The smallest absolute Gasteiger partial charge is 0.374 e. The number of hydrogen-bond donors (Lipinski definition) is 0. The highest BCUT2D eigenvalue weighted by molar-refractivity contribution is 6.66. The van der Waals surface area contributed by atoms with Crippen LogP contribution in [0, 0.1) is 0 Å². The third-order valence-electron chi connectivity index (χ3n) is 1.41. The summed E-state index contributed by atoms with van der Waals surface area (Å²) in [5.41, 5.74) is 1.58. The fraction of sp³-hybridized carbons (Fsp3) is 0.444. The molecule has 0 amide bonds. The van der Waals surface area contributed by atoms with Crippen LogP contribution < -0.4 is 0 Å². The summed E-state index contributed by atoms with van der Waals surface area (Å²) in [5.74, 6) is -1.14. The van der Waals surface area contributed by atoms with Crippen LogP contribution in [0.4, 0.5) is 0 Å². The van der Waals surface area contributed by atoms with Crippen LogP contribution in [0.1, 0.15) is 6.92 Å². The van der Waals surface area contributed by atoms with Crippen LogP contribution in [0.2, 0.25) is 0 Å². The minimum absolute atomic E-state index is 0.972. The molecule has 0 heterocycles. The van der Waals surface area contributed by atoms with Gasteiger partial charge in [-0.25, -0.2) is 9.90 Å². The largest absolute Gasteiger partial charge is 0.528 e. The second-order valence-electron chi connectivity index (χ2n) is 2.24. The predicted octanol–water partition coefficient (Wildman–Crippen LogP) is 1.11. The molecule has 0 atom stereocenters. The molecule has 0 spiro atoms. The van der Waals surface area contributed by atoms with Gasteiger partial charge in [0.25, 0.3) is 0 Å². The molecule has 0 N–H and O–H groups in total. The molecular formula is C9H17O5Si. The SMILES string of the molecule is C=C[Si](OC)(OC)OC.CC=CC([O])=O. The number of carbonyl (C=O) groups excluding carboxylic acids is 1. The first-order valence-electron chi connectivity index (χ1n) is 4.14. The summed E-state index contributed by atoms with van der Waals surface area (Å²) in [6.07, 6.45) is 2.38. The van der Waals surface area contributed by atoms with Crippen molar-refractivity contribution in [2.24, 2.45) is 0 Å². The Balaban J connectivity index is 0. The van der Waals surface area contributed by atoms with E-state index in [0.29, 0.717) is 0 Å². The van der Waals surface area contributed by atoms with Gasteiger partial charge in [0.15, 0.2) is 0 Å². The lowest BCUT2D eigenvalue weighted by Crippen LogP contribution is -2.40. The standard InChI is InChI=1S/C5H12O3Si.C4H5O2/c1-5-9(6-2,7-3)8-4;1-2-3-4(5)6/h5H,1H2,2-4H3;2-3H,1H3. The van der Waals surface area contributed by atoms with Gasteiger partial charge in [-0.1, -0.05) is 12.7 Å². The van der Waals surface area contributed by atoms with Gasteiger partial charge in [0.05, 0.1) is 0 Å². The van der Waals surface area contributed by atoms with Crippen molar-refractivity contribution >= 4 is 14.8 Å². The Morgan fingerprint density at radius 1 is 1.20 bits per heavy atom. The predicted molar refractivity (Wildman–Crippen MR) is 57.5 cm³/mol. The maximum Gasteiger partial charge on any atom is 0.528 e. The van der Waals surface area contributed by atoms with E-state index < -0.39 is 14.8 Å². The van der Waals surface area contributed by atoms with E-state index in [9.17, 15) is 9.90 Å². The summed E-state index contributed by atoms with van der Waals surface area (Å²) in [7, 11) is 2.20. The summed E-state index contributed by atoms with van der Waals surface area (Å²) >= 11 is 0. The number of carbonyl (C=O) groups is 1. The maximum absolute atomic E-state index is 9.40. The van der Waals surface area contributed by atoms with Crippen molar-refractivity contribution in [3.8, 4) is 0 Å². The van der Waals surface area contributed by atoms with E-state index in [1.807, 2.05) is 0 Å².